The third-order valence-corrected chi connectivity index (χ3v) is 3.90. The van der Waals surface area contributed by atoms with Crippen molar-refractivity contribution in [2.75, 3.05) is 13.1 Å². The van der Waals surface area contributed by atoms with Crippen molar-refractivity contribution in [3.05, 3.63) is 28.2 Å². The average Bonchev–Trinajstić information content (AvgIpc) is 2.49. The lowest BCUT2D eigenvalue weighted by Gasteiger charge is -2.32. The Bertz CT molecular complexity index is 524. The second-order valence-corrected chi connectivity index (χ2v) is 5.45. The number of aromatic nitrogens is 2. The summed E-state index contributed by atoms with van der Waals surface area (Å²) in [7, 11) is 0. The molecule has 0 saturated carbocycles. The molecule has 1 aliphatic heterocycles. The summed E-state index contributed by atoms with van der Waals surface area (Å²) in [5, 5.41) is 4.20. The maximum absolute atomic E-state index is 12.5. The maximum atomic E-state index is 12.5. The highest BCUT2D eigenvalue weighted by Crippen LogP contribution is 2.20. The van der Waals surface area contributed by atoms with Gasteiger partial charge in [0.25, 0.3) is 11.5 Å². The zero-order chi connectivity index (χ0) is 14.5. The van der Waals surface area contributed by atoms with E-state index in [1.165, 1.54) is 17.2 Å². The summed E-state index contributed by atoms with van der Waals surface area (Å²) < 4.78 is 1.38. The molecular weight excluding hydrogens is 254 g/mol. The molecule has 1 saturated heterocycles. The number of hydrogen-bond donors (Lipinski definition) is 0. The van der Waals surface area contributed by atoms with Crippen LogP contribution in [0.2, 0.25) is 0 Å². The van der Waals surface area contributed by atoms with Crippen LogP contribution in [-0.4, -0.2) is 33.7 Å². The van der Waals surface area contributed by atoms with Gasteiger partial charge in [-0.2, -0.15) is 5.10 Å². The van der Waals surface area contributed by atoms with Gasteiger partial charge in [-0.05, 0) is 31.2 Å². The molecule has 20 heavy (non-hydrogen) atoms. The molecule has 5 heteroatoms. The van der Waals surface area contributed by atoms with Crippen LogP contribution in [-0.2, 0) is 6.54 Å². The first-order valence-electron chi connectivity index (χ1n) is 7.53. The van der Waals surface area contributed by atoms with Gasteiger partial charge in [-0.25, -0.2) is 4.68 Å². The summed E-state index contributed by atoms with van der Waals surface area (Å²) in [6.07, 6.45) is 4.18. The highest BCUT2D eigenvalue weighted by molar-refractivity contribution is 5.92. The Labute approximate surface area is 119 Å². The van der Waals surface area contributed by atoms with Gasteiger partial charge in [0.2, 0.25) is 0 Å². The van der Waals surface area contributed by atoms with Gasteiger partial charge in [0.15, 0.2) is 0 Å². The van der Waals surface area contributed by atoms with Crippen LogP contribution >= 0.6 is 0 Å². The van der Waals surface area contributed by atoms with E-state index >= 15 is 0 Å². The average molecular weight is 277 g/mol. The van der Waals surface area contributed by atoms with Crippen LogP contribution in [0.1, 0.15) is 50.0 Å². The van der Waals surface area contributed by atoms with Gasteiger partial charge in [-0.15, -0.1) is 0 Å². The fourth-order valence-corrected chi connectivity index (χ4v) is 2.68. The number of nitrogens with zero attached hydrogens (tertiary/aromatic N) is 3. The zero-order valence-corrected chi connectivity index (χ0v) is 12.3. The van der Waals surface area contributed by atoms with Gasteiger partial charge in [0, 0.05) is 25.7 Å². The van der Waals surface area contributed by atoms with Crippen molar-refractivity contribution in [2.24, 2.45) is 5.92 Å². The smallest absolute Gasteiger partial charge is 0.274 e. The summed E-state index contributed by atoms with van der Waals surface area (Å²) in [5.74, 6) is 0.544. The molecule has 110 valence electrons. The first-order chi connectivity index (χ1) is 9.65. The quantitative estimate of drug-likeness (QED) is 0.845. The summed E-state index contributed by atoms with van der Waals surface area (Å²) in [4.78, 5) is 26.0. The molecule has 1 aromatic heterocycles. The van der Waals surface area contributed by atoms with Crippen molar-refractivity contribution in [1.82, 2.24) is 14.7 Å². The van der Waals surface area contributed by atoms with E-state index in [9.17, 15) is 9.59 Å². The number of piperidine rings is 1. The predicted molar refractivity (Wildman–Crippen MR) is 77.7 cm³/mol. The highest BCUT2D eigenvalue weighted by Gasteiger charge is 2.24. The zero-order valence-electron chi connectivity index (χ0n) is 12.3. The van der Waals surface area contributed by atoms with Gasteiger partial charge in [0.1, 0.15) is 5.69 Å². The molecular formula is C15H23N3O2. The molecule has 1 atom stereocenters. The minimum Gasteiger partial charge on any atom is -0.337 e. The van der Waals surface area contributed by atoms with Crippen molar-refractivity contribution in [2.45, 2.75) is 46.1 Å². The van der Waals surface area contributed by atoms with E-state index in [-0.39, 0.29) is 11.5 Å². The number of aryl methyl sites for hydroxylation is 1. The first-order valence-corrected chi connectivity index (χ1v) is 7.53. The van der Waals surface area contributed by atoms with E-state index in [0.717, 1.165) is 32.4 Å². The molecule has 1 aromatic rings. The van der Waals surface area contributed by atoms with E-state index in [1.807, 2.05) is 11.8 Å². The third-order valence-electron chi connectivity index (χ3n) is 3.90. The van der Waals surface area contributed by atoms with Crippen LogP contribution in [0.25, 0.3) is 0 Å². The summed E-state index contributed by atoms with van der Waals surface area (Å²) >= 11 is 0. The second-order valence-electron chi connectivity index (χ2n) is 5.45. The highest BCUT2D eigenvalue weighted by atomic mass is 16.2. The lowest BCUT2D eigenvalue weighted by molar-refractivity contribution is 0.0662. The summed E-state index contributed by atoms with van der Waals surface area (Å²) in [6.45, 7) is 6.31. The molecule has 0 aromatic carbocycles. The maximum Gasteiger partial charge on any atom is 0.274 e. The van der Waals surface area contributed by atoms with Crippen LogP contribution in [0.4, 0.5) is 0 Å². The van der Waals surface area contributed by atoms with E-state index < -0.39 is 0 Å². The molecule has 1 aliphatic rings. The Morgan fingerprint density at radius 3 is 2.90 bits per heavy atom. The molecule has 0 N–H and O–H groups in total. The van der Waals surface area contributed by atoms with Gasteiger partial charge >= 0.3 is 0 Å². The summed E-state index contributed by atoms with van der Waals surface area (Å²) in [5.41, 5.74) is 0.239. The van der Waals surface area contributed by atoms with Gasteiger partial charge in [-0.1, -0.05) is 20.3 Å². The van der Waals surface area contributed by atoms with Crippen LogP contribution in [0.3, 0.4) is 0 Å². The second kappa shape index (κ2) is 6.68. The molecule has 2 rings (SSSR count). The summed E-state index contributed by atoms with van der Waals surface area (Å²) in [6, 6.07) is 2.99. The molecule has 0 bridgehead atoms. The Balaban J connectivity index is 2.16. The molecule has 0 aliphatic carbocycles. The van der Waals surface area contributed by atoms with Gasteiger partial charge in [0.05, 0.1) is 0 Å². The number of amides is 1. The number of likely N-dealkylation sites (tertiary alicyclic amines) is 1. The van der Waals surface area contributed by atoms with Gasteiger partial charge < -0.3 is 4.90 Å². The van der Waals surface area contributed by atoms with Crippen LogP contribution in [0.15, 0.2) is 16.9 Å². The fraction of sp³-hybridized carbons (Fsp3) is 0.667. The van der Waals surface area contributed by atoms with Gasteiger partial charge in [-0.3, -0.25) is 9.59 Å². The van der Waals surface area contributed by atoms with Crippen molar-refractivity contribution in [1.29, 1.82) is 0 Å². The SMILES string of the molecule is CCCn1nc(C(=O)N2CCCC(CC)C2)ccc1=O. The lowest BCUT2D eigenvalue weighted by Crippen LogP contribution is -2.40. The number of hydrogen-bond acceptors (Lipinski definition) is 3. The number of carbonyl (C=O) groups is 1. The largest absolute Gasteiger partial charge is 0.337 e. The Hall–Kier alpha value is -1.65. The topological polar surface area (TPSA) is 55.2 Å². The molecule has 1 fully saturated rings. The monoisotopic (exact) mass is 277 g/mol. The first kappa shape index (κ1) is 14.8. The Morgan fingerprint density at radius 1 is 1.40 bits per heavy atom. The van der Waals surface area contributed by atoms with E-state index in [1.54, 1.807) is 6.07 Å². The number of carbonyl (C=O) groups excluding carboxylic acids is 1. The van der Waals surface area contributed by atoms with E-state index in [2.05, 4.69) is 12.0 Å². The van der Waals surface area contributed by atoms with E-state index in [0.29, 0.717) is 18.2 Å². The molecule has 0 radical (unpaired) electrons. The standard InChI is InChI=1S/C15H23N3O2/c1-3-9-18-14(19)8-7-13(16-18)15(20)17-10-5-6-12(4-2)11-17/h7-8,12H,3-6,9-11H2,1-2H3. The minimum absolute atomic E-state index is 0.0481. The normalized spacial score (nSPS) is 19.1. The van der Waals surface area contributed by atoms with E-state index in [4.69, 9.17) is 0 Å². The molecule has 5 nitrogen and oxygen atoms in total. The number of rotatable bonds is 4. The Kier molecular flexibility index (Phi) is 4.93. The lowest BCUT2D eigenvalue weighted by atomic mass is 9.95. The van der Waals surface area contributed by atoms with Crippen LogP contribution in [0.5, 0.6) is 0 Å². The Morgan fingerprint density at radius 2 is 2.20 bits per heavy atom. The van der Waals surface area contributed by atoms with Crippen molar-refractivity contribution >= 4 is 5.91 Å². The molecule has 0 spiro atoms. The molecule has 1 unspecified atom stereocenters. The fourth-order valence-electron chi connectivity index (χ4n) is 2.68. The molecule has 2 heterocycles. The van der Waals surface area contributed by atoms with Crippen LogP contribution < -0.4 is 5.56 Å². The predicted octanol–water partition coefficient (Wildman–Crippen LogP) is 1.92. The van der Waals surface area contributed by atoms with Crippen molar-refractivity contribution in [3.8, 4) is 0 Å². The minimum atomic E-state index is -0.145. The molecule has 1 amide bonds. The third kappa shape index (κ3) is 3.26. The van der Waals surface area contributed by atoms with Crippen molar-refractivity contribution < 1.29 is 4.79 Å². The van der Waals surface area contributed by atoms with Crippen molar-refractivity contribution in [3.63, 3.8) is 0 Å². The van der Waals surface area contributed by atoms with Crippen LogP contribution in [0, 0.1) is 5.92 Å².